The lowest BCUT2D eigenvalue weighted by Crippen LogP contribution is -2.26. The Morgan fingerprint density at radius 3 is 2.76 bits per heavy atom. The van der Waals surface area contributed by atoms with Crippen LogP contribution in [0.15, 0.2) is 35.8 Å². The molecule has 4 heteroatoms. The summed E-state index contributed by atoms with van der Waals surface area (Å²) in [6.45, 7) is 7.59. The summed E-state index contributed by atoms with van der Waals surface area (Å²) in [6.07, 6.45) is 5.30. The van der Waals surface area contributed by atoms with E-state index >= 15 is 0 Å². The second-order valence-electron chi connectivity index (χ2n) is 5.39. The summed E-state index contributed by atoms with van der Waals surface area (Å²) in [5, 5.41) is 2.90. The van der Waals surface area contributed by atoms with Crippen molar-refractivity contribution in [1.29, 1.82) is 0 Å². The van der Waals surface area contributed by atoms with E-state index in [9.17, 15) is 0 Å². The molecule has 0 fully saturated rings. The summed E-state index contributed by atoms with van der Waals surface area (Å²) < 4.78 is 0. The van der Waals surface area contributed by atoms with Crippen molar-refractivity contribution >= 4 is 23.1 Å². The van der Waals surface area contributed by atoms with E-state index in [1.165, 1.54) is 16.9 Å². The van der Waals surface area contributed by atoms with Gasteiger partial charge in [0, 0.05) is 29.4 Å². The van der Waals surface area contributed by atoms with E-state index < -0.39 is 0 Å². The van der Waals surface area contributed by atoms with Crippen LogP contribution in [-0.4, -0.2) is 27.9 Å². The van der Waals surface area contributed by atoms with Gasteiger partial charge in [0.25, 0.3) is 0 Å². The molecule has 0 N–H and O–H groups in total. The maximum absolute atomic E-state index is 4.47. The third kappa shape index (κ3) is 5.46. The molecule has 0 aromatic carbocycles. The molecule has 2 rings (SSSR count). The summed E-state index contributed by atoms with van der Waals surface area (Å²) in [7, 11) is 0. The summed E-state index contributed by atoms with van der Waals surface area (Å²) in [6, 6.07) is 8.38. The molecule has 0 saturated carbocycles. The van der Waals surface area contributed by atoms with Crippen molar-refractivity contribution in [2.75, 3.05) is 12.8 Å². The van der Waals surface area contributed by atoms with Crippen LogP contribution in [0.5, 0.6) is 0 Å². The second-order valence-corrected chi connectivity index (χ2v) is 7.67. The molecule has 2 aromatic heterocycles. The van der Waals surface area contributed by atoms with E-state index in [-0.39, 0.29) is 0 Å². The number of hydrogen-bond donors (Lipinski definition) is 0. The van der Waals surface area contributed by atoms with Crippen molar-refractivity contribution in [2.24, 2.45) is 0 Å². The smallest absolute Gasteiger partial charge is 0.0544 e. The third-order valence-electron chi connectivity index (χ3n) is 3.70. The minimum atomic E-state index is 0.709. The van der Waals surface area contributed by atoms with Crippen LogP contribution in [0.2, 0.25) is 0 Å². The molecule has 0 aliphatic carbocycles. The average molecular weight is 321 g/mol. The maximum Gasteiger partial charge on any atom is 0.0544 e. The van der Waals surface area contributed by atoms with Crippen LogP contribution >= 0.6 is 23.1 Å². The molecule has 2 heterocycles. The molecule has 0 amide bonds. The Kier molecular flexibility index (Phi) is 6.74. The van der Waals surface area contributed by atoms with Gasteiger partial charge in [0.05, 0.1) is 5.69 Å². The molecule has 114 valence electrons. The first-order chi connectivity index (χ1) is 10.2. The third-order valence-corrected chi connectivity index (χ3v) is 5.75. The van der Waals surface area contributed by atoms with Gasteiger partial charge in [-0.3, -0.25) is 9.88 Å². The van der Waals surface area contributed by atoms with E-state index in [1.54, 1.807) is 0 Å². The first-order valence-electron chi connectivity index (χ1n) is 7.37. The van der Waals surface area contributed by atoms with Crippen molar-refractivity contribution in [3.05, 3.63) is 52.0 Å². The number of aryl methyl sites for hydroxylation is 1. The van der Waals surface area contributed by atoms with Gasteiger partial charge in [-0.25, -0.2) is 0 Å². The van der Waals surface area contributed by atoms with Gasteiger partial charge in [0.2, 0.25) is 0 Å². The summed E-state index contributed by atoms with van der Waals surface area (Å²) >= 11 is 3.81. The number of thiophene rings is 1. The number of aromatic nitrogens is 1. The lowest BCUT2D eigenvalue weighted by Gasteiger charge is -2.23. The Balaban J connectivity index is 2.01. The van der Waals surface area contributed by atoms with Crippen LogP contribution < -0.4 is 0 Å². The normalized spacial score (nSPS) is 12.8. The lowest BCUT2D eigenvalue weighted by atomic mass is 10.2. The van der Waals surface area contributed by atoms with Crippen LogP contribution in [0.3, 0.4) is 0 Å². The monoisotopic (exact) mass is 320 g/mol. The summed E-state index contributed by atoms with van der Waals surface area (Å²) in [5.41, 5.74) is 2.56. The second kappa shape index (κ2) is 8.57. The van der Waals surface area contributed by atoms with Crippen LogP contribution in [0, 0.1) is 6.92 Å². The van der Waals surface area contributed by atoms with Crippen LogP contribution in [0.1, 0.15) is 29.5 Å². The molecule has 2 aromatic rings. The van der Waals surface area contributed by atoms with Gasteiger partial charge in [-0.15, -0.1) is 11.3 Å². The van der Waals surface area contributed by atoms with Gasteiger partial charge in [-0.2, -0.15) is 11.8 Å². The molecular formula is C17H24N2S2. The van der Waals surface area contributed by atoms with Crippen molar-refractivity contribution in [3.8, 4) is 0 Å². The number of hydrogen-bond acceptors (Lipinski definition) is 4. The average Bonchev–Trinajstić information content (AvgIpc) is 2.90. The van der Waals surface area contributed by atoms with Crippen molar-refractivity contribution in [2.45, 2.75) is 38.6 Å². The predicted molar refractivity (Wildman–Crippen MR) is 95.0 cm³/mol. The Hall–Kier alpha value is -0.840. The topological polar surface area (TPSA) is 16.1 Å². The molecule has 21 heavy (non-hydrogen) atoms. The largest absolute Gasteiger partial charge is 0.292 e. The van der Waals surface area contributed by atoms with Gasteiger partial charge < -0.3 is 0 Å². The fourth-order valence-electron chi connectivity index (χ4n) is 2.19. The Bertz CT molecular complexity index is 525. The number of thioether (sulfide) groups is 1. The van der Waals surface area contributed by atoms with E-state index in [0.717, 1.165) is 25.3 Å². The van der Waals surface area contributed by atoms with Crippen molar-refractivity contribution < 1.29 is 0 Å². The zero-order valence-electron chi connectivity index (χ0n) is 13.1. The van der Waals surface area contributed by atoms with Gasteiger partial charge in [-0.05, 0) is 55.3 Å². The summed E-state index contributed by atoms with van der Waals surface area (Å²) in [4.78, 5) is 8.47. The summed E-state index contributed by atoms with van der Waals surface area (Å²) in [5.74, 6) is 0. The molecule has 0 radical (unpaired) electrons. The molecule has 0 spiro atoms. The Labute approximate surface area is 136 Å². The molecule has 1 atom stereocenters. The molecule has 0 bridgehead atoms. The van der Waals surface area contributed by atoms with Crippen molar-refractivity contribution in [3.63, 3.8) is 0 Å². The molecule has 0 aliphatic heterocycles. The zero-order valence-corrected chi connectivity index (χ0v) is 14.7. The lowest BCUT2D eigenvalue weighted by molar-refractivity contribution is 0.252. The molecular weight excluding hydrogens is 296 g/mol. The van der Waals surface area contributed by atoms with E-state index in [2.05, 4.69) is 53.6 Å². The van der Waals surface area contributed by atoms with Crippen LogP contribution in [0.25, 0.3) is 0 Å². The quantitative estimate of drug-likeness (QED) is 0.707. The Morgan fingerprint density at radius 2 is 2.14 bits per heavy atom. The highest BCUT2D eigenvalue weighted by atomic mass is 32.2. The van der Waals surface area contributed by atoms with Crippen molar-refractivity contribution in [1.82, 2.24) is 9.88 Å². The van der Waals surface area contributed by atoms with E-state index in [0.29, 0.717) is 5.25 Å². The zero-order chi connectivity index (χ0) is 15.1. The van der Waals surface area contributed by atoms with E-state index in [1.807, 2.05) is 35.4 Å². The van der Waals surface area contributed by atoms with Gasteiger partial charge in [0.1, 0.15) is 0 Å². The highest BCUT2D eigenvalue weighted by molar-refractivity contribution is 7.99. The maximum atomic E-state index is 4.47. The molecule has 2 nitrogen and oxygen atoms in total. The van der Waals surface area contributed by atoms with Gasteiger partial charge in [0.15, 0.2) is 0 Å². The fourth-order valence-corrected chi connectivity index (χ4v) is 3.47. The Morgan fingerprint density at radius 1 is 1.29 bits per heavy atom. The van der Waals surface area contributed by atoms with Gasteiger partial charge in [-0.1, -0.05) is 13.0 Å². The highest BCUT2D eigenvalue weighted by Gasteiger charge is 2.12. The van der Waals surface area contributed by atoms with Gasteiger partial charge >= 0.3 is 0 Å². The fraction of sp³-hybridized carbons (Fsp3) is 0.471. The first kappa shape index (κ1) is 16.5. The van der Waals surface area contributed by atoms with Crippen LogP contribution in [-0.2, 0) is 13.1 Å². The minimum absolute atomic E-state index is 0.709. The van der Waals surface area contributed by atoms with E-state index in [4.69, 9.17) is 0 Å². The molecule has 0 aliphatic rings. The molecule has 0 unspecified atom stereocenters. The highest BCUT2D eigenvalue weighted by Crippen LogP contribution is 2.20. The number of nitrogens with zero attached hydrogens (tertiary/aromatic N) is 2. The number of pyridine rings is 1. The van der Waals surface area contributed by atoms with Crippen LogP contribution in [0.4, 0.5) is 0 Å². The SMILES string of the molecule is CS[C@H](C)CCN(Cc1ccccn1)Cc1sccc1C. The first-order valence-corrected chi connectivity index (χ1v) is 9.54. The predicted octanol–water partition coefficient (Wildman–Crippen LogP) is 4.60. The minimum Gasteiger partial charge on any atom is -0.292 e. The standard InChI is InChI=1S/C17H24N2S2/c1-14-8-11-21-17(14)13-19(10-7-15(2)20-3)12-16-6-4-5-9-18-16/h4-6,8-9,11,15H,7,10,12-13H2,1-3H3/t15-/m1/s1. The molecule has 0 saturated heterocycles. The number of rotatable bonds is 8.